The minimum atomic E-state index is -1.07. The van der Waals surface area contributed by atoms with Gasteiger partial charge < -0.3 is 5.11 Å². The molecule has 0 fully saturated rings. The van der Waals surface area contributed by atoms with E-state index >= 15 is 0 Å². The van der Waals surface area contributed by atoms with E-state index in [0.717, 1.165) is 19.3 Å². The highest BCUT2D eigenvalue weighted by Crippen LogP contribution is 2.03. The monoisotopic (exact) mass is 231 g/mol. The van der Waals surface area contributed by atoms with Crippen LogP contribution in [-0.2, 0) is 14.4 Å². The topological polar surface area (TPSA) is 75.6 Å². The summed E-state index contributed by atoms with van der Waals surface area (Å²) in [6, 6.07) is -0.957. The first-order chi connectivity index (χ1) is 7.47. The number of hydrogen-bond donors (Lipinski definition) is 2. The SMILES string of the molecule is CCCCC(C)ONC(CC(C)=O)C(=O)O. The molecule has 0 bridgehead atoms. The van der Waals surface area contributed by atoms with Crippen LogP contribution in [0.5, 0.6) is 0 Å². The van der Waals surface area contributed by atoms with Crippen LogP contribution in [0, 0.1) is 0 Å². The number of carbonyl (C=O) groups is 2. The zero-order chi connectivity index (χ0) is 12.6. The van der Waals surface area contributed by atoms with Crippen molar-refractivity contribution in [2.45, 2.75) is 58.6 Å². The number of carboxylic acids is 1. The van der Waals surface area contributed by atoms with Gasteiger partial charge >= 0.3 is 5.97 Å². The van der Waals surface area contributed by atoms with Gasteiger partial charge in [-0.15, -0.1) is 0 Å². The van der Waals surface area contributed by atoms with Gasteiger partial charge in [-0.2, -0.15) is 5.48 Å². The second kappa shape index (κ2) is 8.24. The molecule has 0 aliphatic rings. The Hall–Kier alpha value is -0.940. The van der Waals surface area contributed by atoms with Gasteiger partial charge in [0.2, 0.25) is 0 Å². The van der Waals surface area contributed by atoms with Crippen molar-refractivity contribution in [3.63, 3.8) is 0 Å². The molecule has 0 aliphatic carbocycles. The third-order valence-electron chi connectivity index (χ3n) is 2.17. The maximum Gasteiger partial charge on any atom is 0.323 e. The zero-order valence-corrected chi connectivity index (χ0v) is 10.2. The highest BCUT2D eigenvalue weighted by Gasteiger charge is 2.20. The first kappa shape index (κ1) is 15.1. The Morgan fingerprint density at radius 3 is 2.50 bits per heavy atom. The first-order valence-corrected chi connectivity index (χ1v) is 5.60. The van der Waals surface area contributed by atoms with Crippen LogP contribution in [0.25, 0.3) is 0 Å². The molecule has 2 atom stereocenters. The normalized spacial score (nSPS) is 14.4. The molecule has 0 aromatic rings. The van der Waals surface area contributed by atoms with E-state index < -0.39 is 12.0 Å². The summed E-state index contributed by atoms with van der Waals surface area (Å²) in [5, 5.41) is 8.82. The van der Waals surface area contributed by atoms with Crippen molar-refractivity contribution in [3.05, 3.63) is 0 Å². The van der Waals surface area contributed by atoms with Gasteiger partial charge in [-0.05, 0) is 20.3 Å². The summed E-state index contributed by atoms with van der Waals surface area (Å²) in [6.07, 6.45) is 2.87. The van der Waals surface area contributed by atoms with Gasteiger partial charge in [0, 0.05) is 6.42 Å². The quantitative estimate of drug-likeness (QED) is 0.588. The zero-order valence-electron chi connectivity index (χ0n) is 10.2. The number of carboxylic acid groups (broad SMARTS) is 1. The largest absolute Gasteiger partial charge is 0.480 e. The van der Waals surface area contributed by atoms with Gasteiger partial charge in [0.05, 0.1) is 6.10 Å². The molecule has 0 aliphatic heterocycles. The van der Waals surface area contributed by atoms with Crippen molar-refractivity contribution in [1.29, 1.82) is 0 Å². The van der Waals surface area contributed by atoms with Crippen molar-refractivity contribution in [1.82, 2.24) is 5.48 Å². The van der Waals surface area contributed by atoms with Gasteiger partial charge in [0.15, 0.2) is 0 Å². The lowest BCUT2D eigenvalue weighted by molar-refractivity contribution is -0.148. The molecule has 16 heavy (non-hydrogen) atoms. The number of Topliss-reactive ketones (excluding diaryl/α,β-unsaturated/α-hetero) is 1. The van der Waals surface area contributed by atoms with Crippen LogP contribution < -0.4 is 5.48 Å². The molecule has 0 rings (SSSR count). The smallest absolute Gasteiger partial charge is 0.323 e. The molecule has 5 heteroatoms. The Bertz CT molecular complexity index is 230. The van der Waals surface area contributed by atoms with Gasteiger partial charge in [0.1, 0.15) is 11.8 Å². The molecular weight excluding hydrogens is 210 g/mol. The second-order valence-corrected chi connectivity index (χ2v) is 3.99. The third-order valence-corrected chi connectivity index (χ3v) is 2.17. The van der Waals surface area contributed by atoms with Crippen molar-refractivity contribution >= 4 is 11.8 Å². The summed E-state index contributed by atoms with van der Waals surface area (Å²) >= 11 is 0. The van der Waals surface area contributed by atoms with E-state index in [0.29, 0.717) is 0 Å². The van der Waals surface area contributed by atoms with E-state index in [1.807, 2.05) is 6.92 Å². The maximum absolute atomic E-state index is 10.8. The van der Waals surface area contributed by atoms with Crippen LogP contribution in [0.4, 0.5) is 0 Å². The Morgan fingerprint density at radius 2 is 2.06 bits per heavy atom. The van der Waals surface area contributed by atoms with E-state index in [1.54, 1.807) is 0 Å². The third kappa shape index (κ3) is 7.36. The number of ketones is 1. The van der Waals surface area contributed by atoms with E-state index in [-0.39, 0.29) is 18.3 Å². The molecule has 0 amide bonds. The molecule has 0 radical (unpaired) electrons. The van der Waals surface area contributed by atoms with E-state index in [2.05, 4.69) is 12.4 Å². The summed E-state index contributed by atoms with van der Waals surface area (Å²) in [7, 11) is 0. The lowest BCUT2D eigenvalue weighted by Crippen LogP contribution is -2.40. The second-order valence-electron chi connectivity index (χ2n) is 3.99. The van der Waals surface area contributed by atoms with E-state index in [1.165, 1.54) is 6.92 Å². The Kier molecular flexibility index (Phi) is 7.76. The van der Waals surface area contributed by atoms with Crippen LogP contribution in [0.3, 0.4) is 0 Å². The first-order valence-electron chi connectivity index (χ1n) is 5.60. The summed E-state index contributed by atoms with van der Waals surface area (Å²) < 4.78 is 0. The molecule has 0 aromatic heterocycles. The van der Waals surface area contributed by atoms with Crippen molar-refractivity contribution in [3.8, 4) is 0 Å². The lowest BCUT2D eigenvalue weighted by atomic mass is 10.1. The molecule has 94 valence electrons. The van der Waals surface area contributed by atoms with E-state index in [9.17, 15) is 9.59 Å². The van der Waals surface area contributed by atoms with Crippen LogP contribution in [0.15, 0.2) is 0 Å². The summed E-state index contributed by atoms with van der Waals surface area (Å²) in [5.74, 6) is -1.25. The molecule has 0 saturated heterocycles. The molecule has 0 saturated carbocycles. The standard InChI is InChI=1S/C11H21NO4/c1-4-5-6-9(3)16-12-10(11(14)15)7-8(2)13/h9-10,12H,4-7H2,1-3H3,(H,14,15). The Morgan fingerprint density at radius 1 is 1.44 bits per heavy atom. The Balaban J connectivity index is 3.92. The number of hydrogen-bond acceptors (Lipinski definition) is 4. The summed E-state index contributed by atoms with van der Waals surface area (Å²) in [4.78, 5) is 26.8. The molecule has 2 N–H and O–H groups in total. The van der Waals surface area contributed by atoms with Gasteiger partial charge in [-0.3, -0.25) is 14.4 Å². The molecule has 2 unspecified atom stereocenters. The predicted molar refractivity (Wildman–Crippen MR) is 59.9 cm³/mol. The average molecular weight is 231 g/mol. The lowest BCUT2D eigenvalue weighted by Gasteiger charge is -2.17. The Labute approximate surface area is 96.1 Å². The van der Waals surface area contributed by atoms with Crippen molar-refractivity contribution in [2.24, 2.45) is 0 Å². The van der Waals surface area contributed by atoms with Crippen molar-refractivity contribution in [2.75, 3.05) is 0 Å². The fourth-order valence-electron chi connectivity index (χ4n) is 1.22. The fourth-order valence-corrected chi connectivity index (χ4v) is 1.22. The number of aliphatic carboxylic acids is 1. The van der Waals surface area contributed by atoms with Crippen LogP contribution in [0.1, 0.15) is 46.5 Å². The molecule has 0 spiro atoms. The number of nitrogens with one attached hydrogen (secondary N) is 1. The number of unbranched alkanes of at least 4 members (excludes halogenated alkanes) is 1. The van der Waals surface area contributed by atoms with Gasteiger partial charge in [-0.1, -0.05) is 19.8 Å². The van der Waals surface area contributed by atoms with Gasteiger partial charge in [0.25, 0.3) is 0 Å². The number of hydroxylamine groups is 1. The summed E-state index contributed by atoms with van der Waals surface area (Å²) in [5.41, 5.74) is 2.44. The highest BCUT2D eigenvalue weighted by atomic mass is 16.7. The maximum atomic E-state index is 10.8. The van der Waals surface area contributed by atoms with Crippen molar-refractivity contribution < 1.29 is 19.5 Å². The van der Waals surface area contributed by atoms with Crippen LogP contribution in [-0.4, -0.2) is 29.0 Å². The van der Waals surface area contributed by atoms with E-state index in [4.69, 9.17) is 9.94 Å². The van der Waals surface area contributed by atoms with Crippen LogP contribution >= 0.6 is 0 Å². The number of rotatable bonds is 9. The minimum Gasteiger partial charge on any atom is -0.480 e. The molecular formula is C11H21NO4. The minimum absolute atomic E-state index is 0.0474. The summed E-state index contributed by atoms with van der Waals surface area (Å²) in [6.45, 7) is 5.31. The van der Waals surface area contributed by atoms with Gasteiger partial charge in [-0.25, -0.2) is 0 Å². The highest BCUT2D eigenvalue weighted by molar-refractivity contribution is 5.83. The predicted octanol–water partition coefficient (Wildman–Crippen LogP) is 1.52. The number of carbonyl (C=O) groups excluding carboxylic acids is 1. The van der Waals surface area contributed by atoms with Crippen LogP contribution in [0.2, 0.25) is 0 Å². The fraction of sp³-hybridized carbons (Fsp3) is 0.818. The molecule has 0 heterocycles. The average Bonchev–Trinajstić information content (AvgIpc) is 2.20. The molecule has 5 nitrogen and oxygen atoms in total. The molecule has 0 aromatic carbocycles.